The fourth-order valence-electron chi connectivity index (χ4n) is 3.12. The molecular formula is C19H27NO4. The number of benzene rings is 1. The highest BCUT2D eigenvalue weighted by Crippen LogP contribution is 2.42. The first-order valence-corrected chi connectivity index (χ1v) is 8.32. The van der Waals surface area contributed by atoms with Crippen molar-refractivity contribution in [1.82, 2.24) is 4.90 Å². The molecule has 0 bridgehead atoms. The zero-order valence-electron chi connectivity index (χ0n) is 15.1. The lowest BCUT2D eigenvalue weighted by Crippen LogP contribution is -2.45. The summed E-state index contributed by atoms with van der Waals surface area (Å²) in [6.07, 6.45) is 0. The number of nitrogens with zero attached hydrogens (tertiary/aromatic N) is 1. The Bertz CT molecular complexity index is 608. The van der Waals surface area contributed by atoms with Crippen molar-refractivity contribution >= 4 is 11.9 Å². The molecule has 0 aliphatic carbocycles. The molecule has 0 radical (unpaired) electrons. The number of aliphatic hydroxyl groups excluding tert-OH is 1. The van der Waals surface area contributed by atoms with E-state index in [0.717, 1.165) is 5.56 Å². The minimum absolute atomic E-state index is 0.133. The van der Waals surface area contributed by atoms with Crippen LogP contribution in [0.5, 0.6) is 0 Å². The normalized spacial score (nSPS) is 25.7. The number of aliphatic hydroxyl groups is 1. The van der Waals surface area contributed by atoms with Crippen molar-refractivity contribution in [2.24, 2.45) is 11.3 Å². The SMILES string of the molecule is CC1C(=O)N([C@H](C)c2ccccc2)C[C@@]1(CO)C(=O)OC(C)(C)C. The predicted molar refractivity (Wildman–Crippen MR) is 91.1 cm³/mol. The minimum Gasteiger partial charge on any atom is -0.459 e. The van der Waals surface area contributed by atoms with Crippen LogP contribution in [-0.4, -0.2) is 40.6 Å². The minimum atomic E-state index is -1.21. The molecule has 1 aliphatic heterocycles. The van der Waals surface area contributed by atoms with Crippen molar-refractivity contribution in [1.29, 1.82) is 0 Å². The fourth-order valence-corrected chi connectivity index (χ4v) is 3.12. The molecule has 24 heavy (non-hydrogen) atoms. The molecule has 1 aromatic carbocycles. The van der Waals surface area contributed by atoms with E-state index in [-0.39, 0.29) is 18.5 Å². The van der Waals surface area contributed by atoms with Gasteiger partial charge in [0.2, 0.25) is 5.91 Å². The lowest BCUT2D eigenvalue weighted by Gasteiger charge is -2.32. The first kappa shape index (κ1) is 18.5. The van der Waals surface area contributed by atoms with Crippen molar-refractivity contribution in [3.05, 3.63) is 35.9 Å². The summed E-state index contributed by atoms with van der Waals surface area (Å²) in [5, 5.41) is 9.96. The van der Waals surface area contributed by atoms with E-state index in [4.69, 9.17) is 4.74 Å². The molecule has 0 spiro atoms. The largest absolute Gasteiger partial charge is 0.459 e. The number of amides is 1. The number of likely N-dealkylation sites (tertiary alicyclic amines) is 1. The Kier molecular flexibility index (Phi) is 5.04. The number of hydrogen-bond donors (Lipinski definition) is 1. The van der Waals surface area contributed by atoms with E-state index in [1.54, 1.807) is 32.6 Å². The maximum absolute atomic E-state index is 12.8. The summed E-state index contributed by atoms with van der Waals surface area (Å²) in [7, 11) is 0. The average molecular weight is 333 g/mol. The summed E-state index contributed by atoms with van der Waals surface area (Å²) in [6.45, 7) is 8.72. The van der Waals surface area contributed by atoms with Crippen molar-refractivity contribution in [3.8, 4) is 0 Å². The molecule has 1 aliphatic rings. The molecule has 1 N–H and O–H groups in total. The lowest BCUT2D eigenvalue weighted by atomic mass is 9.79. The molecule has 0 aromatic heterocycles. The molecule has 0 saturated carbocycles. The van der Waals surface area contributed by atoms with E-state index in [1.165, 1.54) is 0 Å². The molecule has 1 fully saturated rings. The van der Waals surface area contributed by atoms with Gasteiger partial charge in [0.25, 0.3) is 0 Å². The smallest absolute Gasteiger partial charge is 0.317 e. The van der Waals surface area contributed by atoms with Gasteiger partial charge in [-0.05, 0) is 33.3 Å². The highest BCUT2D eigenvalue weighted by atomic mass is 16.6. The zero-order chi connectivity index (χ0) is 18.1. The number of esters is 1. The molecule has 1 amide bonds. The zero-order valence-corrected chi connectivity index (χ0v) is 15.1. The van der Waals surface area contributed by atoms with Gasteiger partial charge < -0.3 is 14.7 Å². The second-order valence-corrected chi connectivity index (χ2v) is 7.59. The number of hydrogen-bond acceptors (Lipinski definition) is 4. The average Bonchev–Trinajstić information content (AvgIpc) is 2.79. The summed E-state index contributed by atoms with van der Waals surface area (Å²) >= 11 is 0. The summed E-state index contributed by atoms with van der Waals surface area (Å²) < 4.78 is 5.49. The highest BCUT2D eigenvalue weighted by molar-refractivity contribution is 5.92. The molecule has 5 nitrogen and oxygen atoms in total. The Hall–Kier alpha value is -1.88. The van der Waals surface area contributed by atoms with Crippen LogP contribution in [0.15, 0.2) is 30.3 Å². The van der Waals surface area contributed by atoms with Gasteiger partial charge in [0, 0.05) is 6.54 Å². The van der Waals surface area contributed by atoms with Crippen LogP contribution in [0.3, 0.4) is 0 Å². The molecule has 132 valence electrons. The second-order valence-electron chi connectivity index (χ2n) is 7.59. The first-order chi connectivity index (χ1) is 11.1. The van der Waals surface area contributed by atoms with E-state index in [1.807, 2.05) is 37.3 Å². The Morgan fingerprint density at radius 2 is 1.96 bits per heavy atom. The molecule has 1 aromatic rings. The molecule has 5 heteroatoms. The topological polar surface area (TPSA) is 66.8 Å². The molecule has 3 atom stereocenters. The Balaban J connectivity index is 2.30. The van der Waals surface area contributed by atoms with Gasteiger partial charge in [-0.2, -0.15) is 0 Å². The summed E-state index contributed by atoms with van der Waals surface area (Å²) in [5.41, 5.74) is -0.885. The van der Waals surface area contributed by atoms with E-state index in [0.29, 0.717) is 0 Å². The fraction of sp³-hybridized carbons (Fsp3) is 0.579. The quantitative estimate of drug-likeness (QED) is 0.860. The molecule has 1 unspecified atom stereocenters. The van der Waals surface area contributed by atoms with Gasteiger partial charge in [0.1, 0.15) is 11.0 Å². The monoisotopic (exact) mass is 333 g/mol. The van der Waals surface area contributed by atoms with Crippen molar-refractivity contribution in [2.45, 2.75) is 46.3 Å². The van der Waals surface area contributed by atoms with Crippen molar-refractivity contribution in [3.63, 3.8) is 0 Å². The second kappa shape index (κ2) is 6.55. The van der Waals surface area contributed by atoms with Gasteiger partial charge >= 0.3 is 5.97 Å². The van der Waals surface area contributed by atoms with Crippen LogP contribution in [0.1, 0.15) is 46.2 Å². The third kappa shape index (κ3) is 3.31. The Morgan fingerprint density at radius 1 is 1.38 bits per heavy atom. The summed E-state index contributed by atoms with van der Waals surface area (Å²) in [4.78, 5) is 27.2. The van der Waals surface area contributed by atoms with Gasteiger partial charge in [0.05, 0.1) is 18.6 Å². The predicted octanol–water partition coefficient (Wildman–Crippen LogP) is 2.55. The van der Waals surface area contributed by atoms with Crippen LogP contribution >= 0.6 is 0 Å². The Morgan fingerprint density at radius 3 is 2.46 bits per heavy atom. The number of carbonyl (C=O) groups is 2. The van der Waals surface area contributed by atoms with Gasteiger partial charge in [-0.1, -0.05) is 37.3 Å². The summed E-state index contributed by atoms with van der Waals surface area (Å²) in [5.74, 6) is -1.27. The van der Waals surface area contributed by atoms with Crippen LogP contribution in [0, 0.1) is 11.3 Å². The maximum Gasteiger partial charge on any atom is 0.317 e. The number of ether oxygens (including phenoxy) is 1. The van der Waals surface area contributed by atoms with Crippen LogP contribution < -0.4 is 0 Å². The van der Waals surface area contributed by atoms with Crippen molar-refractivity contribution < 1.29 is 19.4 Å². The standard InChI is InChI=1S/C19H27NO4/c1-13-16(22)20(14(2)15-9-7-6-8-10-15)11-19(13,12-21)17(23)24-18(3,4)5/h6-10,13-14,21H,11-12H2,1-5H3/t13?,14-,19+/m1/s1. The summed E-state index contributed by atoms with van der Waals surface area (Å²) in [6, 6.07) is 9.50. The third-order valence-electron chi connectivity index (χ3n) is 4.77. The van der Waals surface area contributed by atoms with E-state index >= 15 is 0 Å². The van der Waals surface area contributed by atoms with E-state index < -0.39 is 29.5 Å². The highest BCUT2D eigenvalue weighted by Gasteiger charge is 2.57. The van der Waals surface area contributed by atoms with Gasteiger partial charge in [-0.15, -0.1) is 0 Å². The van der Waals surface area contributed by atoms with Crippen LogP contribution in [0.4, 0.5) is 0 Å². The number of carbonyl (C=O) groups excluding carboxylic acids is 2. The van der Waals surface area contributed by atoms with Gasteiger partial charge in [-0.3, -0.25) is 9.59 Å². The third-order valence-corrected chi connectivity index (χ3v) is 4.77. The maximum atomic E-state index is 12.8. The lowest BCUT2D eigenvalue weighted by molar-refractivity contribution is -0.172. The van der Waals surface area contributed by atoms with E-state index in [9.17, 15) is 14.7 Å². The molecule has 1 saturated heterocycles. The molecule has 2 rings (SSSR count). The first-order valence-electron chi connectivity index (χ1n) is 8.32. The van der Waals surface area contributed by atoms with Crippen molar-refractivity contribution in [2.75, 3.05) is 13.2 Å². The van der Waals surface area contributed by atoms with Crippen LogP contribution in [0.2, 0.25) is 0 Å². The van der Waals surface area contributed by atoms with Gasteiger partial charge in [-0.25, -0.2) is 0 Å². The van der Waals surface area contributed by atoms with Crippen LogP contribution in [-0.2, 0) is 14.3 Å². The molecular weight excluding hydrogens is 306 g/mol. The molecule has 1 heterocycles. The van der Waals surface area contributed by atoms with Gasteiger partial charge in [0.15, 0.2) is 0 Å². The van der Waals surface area contributed by atoms with E-state index in [2.05, 4.69) is 0 Å². The van der Waals surface area contributed by atoms with Crippen LogP contribution in [0.25, 0.3) is 0 Å². The number of rotatable bonds is 4. The Labute approximate surface area is 143 Å².